The summed E-state index contributed by atoms with van der Waals surface area (Å²) in [5.74, 6) is -0.447. The number of nitrogens with zero attached hydrogens (tertiary/aromatic N) is 1. The molecular formula is C22H23N3O3S. The van der Waals surface area contributed by atoms with Crippen LogP contribution < -0.4 is 11.2 Å². The first kappa shape index (κ1) is 19.5. The van der Waals surface area contributed by atoms with Crippen molar-refractivity contribution in [2.24, 2.45) is 0 Å². The van der Waals surface area contributed by atoms with E-state index in [1.165, 1.54) is 11.8 Å². The maximum Gasteiger partial charge on any atom is 0.308 e. The summed E-state index contributed by atoms with van der Waals surface area (Å²) in [6.45, 7) is 1.98. The Labute approximate surface area is 172 Å². The zero-order chi connectivity index (χ0) is 20.4. The van der Waals surface area contributed by atoms with Crippen LogP contribution >= 0.6 is 11.9 Å². The first-order chi connectivity index (χ1) is 14.0. The van der Waals surface area contributed by atoms with Crippen LogP contribution in [0.5, 0.6) is 0 Å². The highest BCUT2D eigenvalue weighted by molar-refractivity contribution is 7.97. The van der Waals surface area contributed by atoms with E-state index in [0.29, 0.717) is 11.3 Å². The third kappa shape index (κ3) is 4.46. The molecule has 1 aliphatic heterocycles. The van der Waals surface area contributed by atoms with Gasteiger partial charge in [-0.05, 0) is 66.6 Å². The fourth-order valence-corrected chi connectivity index (χ4v) is 4.78. The number of nitrogens with two attached hydrogens (primary N) is 1. The van der Waals surface area contributed by atoms with Gasteiger partial charge < -0.3 is 15.8 Å². The summed E-state index contributed by atoms with van der Waals surface area (Å²) in [7, 11) is 0. The summed E-state index contributed by atoms with van der Waals surface area (Å²) in [5.41, 5.74) is 8.71. The van der Waals surface area contributed by atoms with Gasteiger partial charge in [0.15, 0.2) is 5.43 Å². The van der Waals surface area contributed by atoms with Gasteiger partial charge in [0.25, 0.3) is 0 Å². The molecule has 0 saturated carbocycles. The van der Waals surface area contributed by atoms with Crippen LogP contribution in [0, 0.1) is 0 Å². The predicted molar refractivity (Wildman–Crippen MR) is 116 cm³/mol. The molecule has 1 aliphatic rings. The second kappa shape index (κ2) is 8.31. The number of hydrogen-bond acceptors (Lipinski definition) is 5. The number of carboxylic acids is 1. The fraction of sp³-hybridized carbons (Fsp3) is 0.273. The number of piperidine rings is 1. The van der Waals surface area contributed by atoms with Crippen LogP contribution in [0.1, 0.15) is 29.9 Å². The standard InChI is InChI=1S/C22H23N3O3S/c23-17-3-1-14(2-4-17)15-7-9-25(10-8-15)29-18-5-6-19-20(12-18)24-13-16(22(19)28)11-21(26)27/h1-6,12-13,15H,7-11,23H2,(H,24,28)(H,26,27). The molecule has 0 bridgehead atoms. The zero-order valence-corrected chi connectivity index (χ0v) is 16.7. The lowest BCUT2D eigenvalue weighted by atomic mass is 9.90. The van der Waals surface area contributed by atoms with E-state index in [1.54, 1.807) is 18.0 Å². The normalized spacial score (nSPS) is 15.6. The molecule has 4 N–H and O–H groups in total. The number of benzene rings is 2. The molecule has 0 radical (unpaired) electrons. The molecule has 1 aromatic heterocycles. The molecule has 29 heavy (non-hydrogen) atoms. The van der Waals surface area contributed by atoms with Gasteiger partial charge in [0, 0.05) is 40.8 Å². The first-order valence-electron chi connectivity index (χ1n) is 9.64. The van der Waals surface area contributed by atoms with Crippen LogP contribution in [0.4, 0.5) is 5.69 Å². The van der Waals surface area contributed by atoms with Gasteiger partial charge in [-0.15, -0.1) is 0 Å². The van der Waals surface area contributed by atoms with Crippen LogP contribution in [0.25, 0.3) is 10.9 Å². The van der Waals surface area contributed by atoms with Gasteiger partial charge >= 0.3 is 5.97 Å². The highest BCUT2D eigenvalue weighted by atomic mass is 32.2. The Bertz CT molecular complexity index is 1090. The minimum Gasteiger partial charge on any atom is -0.481 e. The van der Waals surface area contributed by atoms with E-state index in [-0.39, 0.29) is 17.4 Å². The minimum atomic E-state index is -1.01. The topological polar surface area (TPSA) is 99.4 Å². The van der Waals surface area contributed by atoms with Crippen LogP contribution in [0.2, 0.25) is 0 Å². The molecule has 4 rings (SSSR count). The summed E-state index contributed by atoms with van der Waals surface area (Å²) in [6, 6.07) is 13.9. The lowest BCUT2D eigenvalue weighted by molar-refractivity contribution is -0.136. The number of carbonyl (C=O) groups is 1. The molecule has 2 heterocycles. The number of pyridine rings is 1. The van der Waals surface area contributed by atoms with Gasteiger partial charge in [-0.1, -0.05) is 12.1 Å². The van der Waals surface area contributed by atoms with Crippen molar-refractivity contribution in [1.29, 1.82) is 0 Å². The lowest BCUT2D eigenvalue weighted by Crippen LogP contribution is -2.27. The summed E-state index contributed by atoms with van der Waals surface area (Å²) < 4.78 is 2.35. The maximum absolute atomic E-state index is 12.4. The van der Waals surface area contributed by atoms with Crippen molar-refractivity contribution in [2.75, 3.05) is 18.8 Å². The molecule has 1 saturated heterocycles. The van der Waals surface area contributed by atoms with Crippen molar-refractivity contribution in [3.8, 4) is 0 Å². The second-order valence-corrected chi connectivity index (χ2v) is 8.55. The molecule has 0 spiro atoms. The van der Waals surface area contributed by atoms with E-state index in [2.05, 4.69) is 21.4 Å². The Morgan fingerprint density at radius 1 is 1.17 bits per heavy atom. The monoisotopic (exact) mass is 409 g/mol. The SMILES string of the molecule is Nc1ccc(C2CCN(Sc3ccc4c(=O)c(CC(=O)O)c[nH]c4c3)CC2)cc1. The highest BCUT2D eigenvalue weighted by Gasteiger charge is 2.21. The Morgan fingerprint density at radius 3 is 2.59 bits per heavy atom. The molecule has 0 unspecified atom stereocenters. The average molecular weight is 410 g/mol. The largest absolute Gasteiger partial charge is 0.481 e. The number of hydrogen-bond donors (Lipinski definition) is 3. The smallest absolute Gasteiger partial charge is 0.308 e. The summed E-state index contributed by atoms with van der Waals surface area (Å²) >= 11 is 1.70. The van der Waals surface area contributed by atoms with E-state index in [4.69, 9.17) is 10.8 Å². The quantitative estimate of drug-likeness (QED) is 0.440. The summed E-state index contributed by atoms with van der Waals surface area (Å²) in [5, 5.41) is 9.45. The maximum atomic E-state index is 12.4. The van der Waals surface area contributed by atoms with Gasteiger partial charge in [-0.2, -0.15) is 0 Å². The van der Waals surface area contributed by atoms with Crippen LogP contribution in [0.3, 0.4) is 0 Å². The van der Waals surface area contributed by atoms with E-state index in [9.17, 15) is 9.59 Å². The van der Waals surface area contributed by atoms with Crippen molar-refractivity contribution in [3.63, 3.8) is 0 Å². The molecule has 2 aromatic carbocycles. The van der Waals surface area contributed by atoms with Gasteiger partial charge in [0.1, 0.15) is 0 Å². The zero-order valence-electron chi connectivity index (χ0n) is 15.9. The molecule has 1 fully saturated rings. The predicted octanol–water partition coefficient (Wildman–Crippen LogP) is 3.62. The number of nitrogens with one attached hydrogen (secondary N) is 1. The van der Waals surface area contributed by atoms with Crippen LogP contribution in [0.15, 0.2) is 58.4 Å². The number of H-pyrrole nitrogens is 1. The van der Waals surface area contributed by atoms with Gasteiger partial charge in [-0.25, -0.2) is 4.31 Å². The molecule has 0 amide bonds. The van der Waals surface area contributed by atoms with E-state index in [0.717, 1.165) is 42.0 Å². The minimum absolute atomic E-state index is 0.220. The molecule has 0 aliphatic carbocycles. The van der Waals surface area contributed by atoms with E-state index in [1.807, 2.05) is 24.3 Å². The molecule has 0 atom stereocenters. The molecule has 150 valence electrons. The van der Waals surface area contributed by atoms with E-state index < -0.39 is 5.97 Å². The number of aliphatic carboxylic acids is 1. The number of aromatic amines is 1. The van der Waals surface area contributed by atoms with Gasteiger partial charge in [0.2, 0.25) is 0 Å². The Hall–Kier alpha value is -2.77. The third-order valence-corrected chi connectivity index (χ3v) is 6.46. The first-order valence-corrected chi connectivity index (χ1v) is 10.4. The van der Waals surface area contributed by atoms with Crippen molar-refractivity contribution in [3.05, 3.63) is 70.0 Å². The number of aromatic nitrogens is 1. The van der Waals surface area contributed by atoms with Gasteiger partial charge in [-0.3, -0.25) is 9.59 Å². The van der Waals surface area contributed by atoms with Crippen molar-refractivity contribution in [2.45, 2.75) is 30.1 Å². The Morgan fingerprint density at radius 2 is 1.90 bits per heavy atom. The van der Waals surface area contributed by atoms with Crippen molar-refractivity contribution < 1.29 is 9.90 Å². The third-order valence-electron chi connectivity index (χ3n) is 5.37. The van der Waals surface area contributed by atoms with E-state index >= 15 is 0 Å². The lowest BCUT2D eigenvalue weighted by Gasteiger charge is -2.31. The van der Waals surface area contributed by atoms with Crippen LogP contribution in [-0.4, -0.2) is 33.5 Å². The number of rotatable bonds is 5. The highest BCUT2D eigenvalue weighted by Crippen LogP contribution is 2.34. The van der Waals surface area contributed by atoms with Crippen LogP contribution in [-0.2, 0) is 11.2 Å². The summed E-state index contributed by atoms with van der Waals surface area (Å²) in [4.78, 5) is 27.5. The molecular weight excluding hydrogens is 386 g/mol. The van der Waals surface area contributed by atoms with Crippen molar-refractivity contribution in [1.82, 2.24) is 9.29 Å². The number of carboxylic acid groups (broad SMARTS) is 1. The molecule has 6 nitrogen and oxygen atoms in total. The average Bonchev–Trinajstić information content (AvgIpc) is 2.71. The number of nitrogen functional groups attached to an aromatic ring is 1. The number of fused-ring (bicyclic) bond motifs is 1. The van der Waals surface area contributed by atoms with Gasteiger partial charge in [0.05, 0.1) is 11.9 Å². The summed E-state index contributed by atoms with van der Waals surface area (Å²) in [6.07, 6.45) is 3.43. The molecule has 3 aromatic rings. The van der Waals surface area contributed by atoms with Crippen molar-refractivity contribution >= 4 is 34.5 Å². The number of anilines is 1. The Balaban J connectivity index is 1.43. The molecule has 7 heteroatoms. The second-order valence-electron chi connectivity index (χ2n) is 7.38. The Kier molecular flexibility index (Phi) is 5.60. The fourth-order valence-electron chi connectivity index (χ4n) is 3.79.